The van der Waals surface area contributed by atoms with Crippen LogP contribution in [-0.4, -0.2) is 35.8 Å². The van der Waals surface area contributed by atoms with Crippen molar-refractivity contribution in [2.24, 2.45) is 0 Å². The number of carboxylic acids is 1. The first-order chi connectivity index (χ1) is 13.4. The molecule has 0 amide bonds. The summed E-state index contributed by atoms with van der Waals surface area (Å²) >= 11 is 0. The molecule has 1 atom stereocenters. The van der Waals surface area contributed by atoms with Crippen LogP contribution in [0.25, 0.3) is 0 Å². The van der Waals surface area contributed by atoms with Crippen LogP contribution in [0.3, 0.4) is 0 Å². The number of hydrogen-bond donors (Lipinski definition) is 4. The van der Waals surface area contributed by atoms with Gasteiger partial charge < -0.3 is 20.8 Å². The summed E-state index contributed by atoms with van der Waals surface area (Å²) in [4.78, 5) is 11.1. The molecule has 2 aromatic carbocycles. The van der Waals surface area contributed by atoms with E-state index in [0.717, 1.165) is 49.2 Å². The molecule has 7 heteroatoms. The van der Waals surface area contributed by atoms with Crippen molar-refractivity contribution in [2.75, 3.05) is 25.0 Å². The minimum atomic E-state index is -0.839. The lowest BCUT2D eigenvalue weighted by Gasteiger charge is -2.11. The van der Waals surface area contributed by atoms with E-state index in [1.807, 2.05) is 24.3 Å². The van der Waals surface area contributed by atoms with Crippen LogP contribution in [0.15, 0.2) is 36.4 Å². The van der Waals surface area contributed by atoms with Gasteiger partial charge in [0.05, 0.1) is 17.2 Å². The number of carboxylic acid groups (broad SMARTS) is 1. The van der Waals surface area contributed by atoms with Gasteiger partial charge >= 0.3 is 5.97 Å². The van der Waals surface area contributed by atoms with Gasteiger partial charge in [-0.3, -0.25) is 4.79 Å². The zero-order chi connectivity index (χ0) is 20.5. The summed E-state index contributed by atoms with van der Waals surface area (Å²) < 4.78 is 13.4. The summed E-state index contributed by atoms with van der Waals surface area (Å²) in [6.07, 6.45) is 1.53. The lowest BCUT2D eigenvalue weighted by Crippen LogP contribution is -2.21. The topological polar surface area (TPSA) is 105 Å². The van der Waals surface area contributed by atoms with E-state index in [1.165, 1.54) is 0 Å². The number of carbonyl (C=O) groups is 1. The third kappa shape index (κ3) is 5.96. The first kappa shape index (κ1) is 21.2. The van der Waals surface area contributed by atoms with Gasteiger partial charge in [-0.1, -0.05) is 24.3 Å². The van der Waals surface area contributed by atoms with Gasteiger partial charge in [0, 0.05) is 12.6 Å². The number of nitrogens with zero attached hydrogens (tertiary/aromatic N) is 1. The van der Waals surface area contributed by atoms with E-state index >= 15 is 0 Å². The summed E-state index contributed by atoms with van der Waals surface area (Å²) in [5, 5.41) is 34.1. The second-order valence-electron chi connectivity index (χ2n) is 6.55. The molecule has 1 unspecified atom stereocenters. The summed E-state index contributed by atoms with van der Waals surface area (Å²) in [5.74, 6) is -2.18. The van der Waals surface area contributed by atoms with Gasteiger partial charge in [0.1, 0.15) is 11.9 Å². The van der Waals surface area contributed by atoms with Gasteiger partial charge in [0.15, 0.2) is 5.75 Å². The second kappa shape index (κ2) is 10.3. The molecular weight excluding hydrogens is 361 g/mol. The van der Waals surface area contributed by atoms with Crippen LogP contribution >= 0.6 is 0 Å². The molecule has 0 saturated carbocycles. The molecule has 6 nitrogen and oxygen atoms in total. The zero-order valence-corrected chi connectivity index (χ0v) is 15.7. The molecule has 4 N–H and O–H groups in total. The number of benzene rings is 2. The maximum Gasteiger partial charge on any atom is 0.310 e. The van der Waals surface area contributed by atoms with Crippen LogP contribution in [0.2, 0.25) is 0 Å². The summed E-state index contributed by atoms with van der Waals surface area (Å²) in [6, 6.07) is 11.5. The summed E-state index contributed by atoms with van der Waals surface area (Å²) in [7, 11) is 0. The molecule has 2 rings (SSSR count). The van der Waals surface area contributed by atoms with Gasteiger partial charge in [-0.2, -0.15) is 5.26 Å². The van der Waals surface area contributed by atoms with E-state index in [1.54, 1.807) is 13.0 Å². The normalized spacial score (nSPS) is 11.6. The Morgan fingerprint density at radius 2 is 2.04 bits per heavy atom. The van der Waals surface area contributed by atoms with E-state index in [0.29, 0.717) is 6.54 Å². The van der Waals surface area contributed by atoms with Crippen LogP contribution in [0.4, 0.5) is 10.1 Å². The predicted octanol–water partition coefficient (Wildman–Crippen LogP) is 3.23. The quantitative estimate of drug-likeness (QED) is 0.370. The fourth-order valence-corrected chi connectivity index (χ4v) is 2.77. The number of phenolic OH excluding ortho intramolecular Hbond substituents is 1. The van der Waals surface area contributed by atoms with Crippen LogP contribution in [0.5, 0.6) is 5.75 Å². The van der Waals surface area contributed by atoms with Crippen molar-refractivity contribution in [3.05, 3.63) is 58.9 Å². The zero-order valence-electron chi connectivity index (χ0n) is 15.7. The highest BCUT2D eigenvalue weighted by Gasteiger charge is 2.13. The van der Waals surface area contributed by atoms with Gasteiger partial charge in [-0.25, -0.2) is 4.39 Å². The SMILES string of the molecule is CC(C(=O)O)c1cccc(CCNCCCNc2cc(F)cc(C#N)c2O)c1. The molecule has 0 heterocycles. The molecule has 148 valence electrons. The van der Waals surface area contributed by atoms with E-state index in [4.69, 9.17) is 10.4 Å². The Balaban J connectivity index is 1.71. The third-order valence-electron chi connectivity index (χ3n) is 4.45. The molecule has 0 aliphatic rings. The van der Waals surface area contributed by atoms with E-state index in [-0.39, 0.29) is 17.0 Å². The van der Waals surface area contributed by atoms with Crippen molar-refractivity contribution in [2.45, 2.75) is 25.7 Å². The fourth-order valence-electron chi connectivity index (χ4n) is 2.77. The smallest absolute Gasteiger partial charge is 0.310 e. The Hall–Kier alpha value is -3.11. The molecule has 0 bridgehead atoms. The maximum atomic E-state index is 13.4. The largest absolute Gasteiger partial charge is 0.504 e. The highest BCUT2D eigenvalue weighted by atomic mass is 19.1. The van der Waals surface area contributed by atoms with E-state index in [2.05, 4.69) is 10.6 Å². The van der Waals surface area contributed by atoms with Gasteiger partial charge in [0.2, 0.25) is 0 Å². The molecule has 0 aliphatic heterocycles. The summed E-state index contributed by atoms with van der Waals surface area (Å²) in [6.45, 7) is 3.65. The molecule has 0 saturated heterocycles. The molecule has 0 fully saturated rings. The van der Waals surface area contributed by atoms with E-state index < -0.39 is 17.7 Å². The average molecular weight is 385 g/mol. The molecule has 28 heavy (non-hydrogen) atoms. The van der Waals surface area contributed by atoms with Gasteiger partial charge in [-0.15, -0.1) is 0 Å². The number of halogens is 1. The second-order valence-corrected chi connectivity index (χ2v) is 6.55. The maximum absolute atomic E-state index is 13.4. The van der Waals surface area contributed by atoms with E-state index in [9.17, 15) is 14.3 Å². The number of hydrogen-bond acceptors (Lipinski definition) is 5. The molecule has 0 spiro atoms. The predicted molar refractivity (Wildman–Crippen MR) is 105 cm³/mol. The standard InChI is InChI=1S/C21H24FN3O3/c1-14(21(27)28)16-5-2-4-15(10-16)6-9-24-7-3-8-25-19-12-18(22)11-17(13-23)20(19)26/h2,4-5,10-12,14,24-26H,3,6-9H2,1H3,(H,27,28). The van der Waals surface area contributed by atoms with Crippen LogP contribution in [-0.2, 0) is 11.2 Å². The first-order valence-corrected chi connectivity index (χ1v) is 9.11. The molecule has 0 aliphatic carbocycles. The Morgan fingerprint density at radius 3 is 2.75 bits per heavy atom. The number of rotatable bonds is 10. The lowest BCUT2D eigenvalue weighted by atomic mass is 9.98. The van der Waals surface area contributed by atoms with Crippen LogP contribution < -0.4 is 10.6 Å². The Bertz CT molecular complexity index is 864. The van der Waals surface area contributed by atoms with Gasteiger partial charge in [0.25, 0.3) is 0 Å². The van der Waals surface area contributed by atoms with Crippen molar-refractivity contribution in [1.29, 1.82) is 5.26 Å². The van der Waals surface area contributed by atoms with Crippen molar-refractivity contribution in [1.82, 2.24) is 5.32 Å². The molecule has 2 aromatic rings. The monoisotopic (exact) mass is 385 g/mol. The van der Waals surface area contributed by atoms with Gasteiger partial charge in [-0.05, 0) is 50.0 Å². The van der Waals surface area contributed by atoms with Crippen molar-refractivity contribution in [3.63, 3.8) is 0 Å². The number of nitriles is 1. The number of phenols is 1. The van der Waals surface area contributed by atoms with Crippen molar-refractivity contribution < 1.29 is 19.4 Å². The lowest BCUT2D eigenvalue weighted by molar-refractivity contribution is -0.138. The Morgan fingerprint density at radius 1 is 1.25 bits per heavy atom. The van der Waals surface area contributed by atoms with Crippen LogP contribution in [0, 0.1) is 17.1 Å². The number of anilines is 1. The molecule has 0 aromatic heterocycles. The number of aromatic hydroxyl groups is 1. The highest BCUT2D eigenvalue weighted by Crippen LogP contribution is 2.28. The average Bonchev–Trinajstić information content (AvgIpc) is 2.68. The first-order valence-electron chi connectivity index (χ1n) is 9.11. The van der Waals surface area contributed by atoms with Crippen molar-refractivity contribution in [3.8, 4) is 11.8 Å². The highest BCUT2D eigenvalue weighted by molar-refractivity contribution is 5.75. The third-order valence-corrected chi connectivity index (χ3v) is 4.45. The summed E-state index contributed by atoms with van der Waals surface area (Å²) in [5.41, 5.74) is 1.98. The Labute approximate surface area is 163 Å². The Kier molecular flexibility index (Phi) is 7.78. The number of aliphatic carboxylic acids is 1. The molecular formula is C21H24FN3O3. The molecule has 0 radical (unpaired) electrons. The number of nitrogens with one attached hydrogen (secondary N) is 2. The van der Waals surface area contributed by atoms with Crippen molar-refractivity contribution >= 4 is 11.7 Å². The minimum Gasteiger partial charge on any atom is -0.504 e. The minimum absolute atomic E-state index is 0.0972. The fraction of sp³-hybridized carbons (Fsp3) is 0.333. The van der Waals surface area contributed by atoms with Crippen LogP contribution in [0.1, 0.15) is 36.0 Å².